The molecule has 3 amide bonds. The van der Waals surface area contributed by atoms with Crippen molar-refractivity contribution in [3.63, 3.8) is 0 Å². The Bertz CT molecular complexity index is 1100. The molecule has 37 heavy (non-hydrogen) atoms. The first-order valence-corrected chi connectivity index (χ1v) is 11.4. The summed E-state index contributed by atoms with van der Waals surface area (Å²) in [6, 6.07) is 8.35. The second kappa shape index (κ2) is 11.6. The van der Waals surface area contributed by atoms with Crippen molar-refractivity contribution >= 4 is 23.3 Å². The minimum absolute atomic E-state index is 0.0703. The average Bonchev–Trinajstić information content (AvgIpc) is 2.75. The number of carbonyl (C=O) groups excluding carboxylic acids is 2. The van der Waals surface area contributed by atoms with Crippen molar-refractivity contribution in [2.75, 3.05) is 10.6 Å². The first-order chi connectivity index (χ1) is 17.3. The molecule has 202 valence electrons. The van der Waals surface area contributed by atoms with Gasteiger partial charge in [0.05, 0.1) is 5.69 Å². The minimum atomic E-state index is -4.90. The lowest BCUT2D eigenvalue weighted by molar-refractivity contribution is -0.275. The number of nitrogens with one attached hydrogen (secondary N) is 3. The van der Waals surface area contributed by atoms with Gasteiger partial charge in [-0.1, -0.05) is 12.1 Å². The zero-order chi connectivity index (χ0) is 27.2. The number of alkyl halides is 6. The summed E-state index contributed by atoms with van der Waals surface area (Å²) < 4.78 is 82.9. The van der Waals surface area contributed by atoms with Gasteiger partial charge in [-0.25, -0.2) is 4.79 Å². The Kier molecular flexibility index (Phi) is 8.77. The highest BCUT2D eigenvalue weighted by Crippen LogP contribution is 2.34. The highest BCUT2D eigenvalue weighted by molar-refractivity contribution is 5.90. The fourth-order valence-corrected chi connectivity index (χ4v) is 4.17. The van der Waals surface area contributed by atoms with E-state index in [9.17, 15) is 35.9 Å². The van der Waals surface area contributed by atoms with Gasteiger partial charge in [0.15, 0.2) is 5.75 Å². The normalized spacial score (nSPS) is 18.0. The van der Waals surface area contributed by atoms with Gasteiger partial charge in [0.1, 0.15) is 5.75 Å². The van der Waals surface area contributed by atoms with Crippen molar-refractivity contribution in [1.82, 2.24) is 5.32 Å². The van der Waals surface area contributed by atoms with E-state index in [1.807, 2.05) is 0 Å². The van der Waals surface area contributed by atoms with Gasteiger partial charge in [-0.2, -0.15) is 0 Å². The highest BCUT2D eigenvalue weighted by Gasteiger charge is 2.33. The van der Waals surface area contributed by atoms with E-state index in [0.29, 0.717) is 19.3 Å². The van der Waals surface area contributed by atoms with Crippen LogP contribution < -0.4 is 25.4 Å². The van der Waals surface area contributed by atoms with E-state index in [4.69, 9.17) is 0 Å². The summed E-state index contributed by atoms with van der Waals surface area (Å²) in [4.78, 5) is 23.7. The molecule has 0 heterocycles. The largest absolute Gasteiger partial charge is 0.573 e. The van der Waals surface area contributed by atoms with E-state index in [1.54, 1.807) is 0 Å². The monoisotopic (exact) mass is 533 g/mol. The van der Waals surface area contributed by atoms with E-state index in [-0.39, 0.29) is 23.3 Å². The van der Waals surface area contributed by atoms with Crippen molar-refractivity contribution in [3.05, 3.63) is 48.0 Å². The predicted octanol–water partition coefficient (Wildman–Crippen LogP) is 6.37. The summed E-state index contributed by atoms with van der Waals surface area (Å²) in [5.41, 5.74) is 0.799. The third kappa shape index (κ3) is 9.73. The Balaban J connectivity index is 1.51. The molecule has 0 aliphatic heterocycles. The van der Waals surface area contributed by atoms with Crippen LogP contribution in [-0.4, -0.2) is 30.7 Å². The summed E-state index contributed by atoms with van der Waals surface area (Å²) in [6.07, 6.45) is -6.43. The van der Waals surface area contributed by atoms with Crippen LogP contribution in [-0.2, 0) is 11.2 Å². The van der Waals surface area contributed by atoms with Crippen LogP contribution in [0.25, 0.3) is 0 Å². The molecule has 13 heteroatoms. The summed E-state index contributed by atoms with van der Waals surface area (Å²) in [6.45, 7) is 1.18. The second-order valence-electron chi connectivity index (χ2n) is 8.66. The number of benzene rings is 2. The van der Waals surface area contributed by atoms with Gasteiger partial charge in [0, 0.05) is 24.7 Å². The molecule has 1 fully saturated rings. The Morgan fingerprint density at radius 1 is 0.892 bits per heavy atom. The molecule has 3 N–H and O–H groups in total. The number of amides is 3. The van der Waals surface area contributed by atoms with Gasteiger partial charge in [-0.15, -0.1) is 26.3 Å². The molecule has 3 rings (SSSR count). The Hall–Kier alpha value is -3.64. The lowest BCUT2D eigenvalue weighted by Gasteiger charge is -2.29. The van der Waals surface area contributed by atoms with Crippen LogP contribution in [0.5, 0.6) is 11.5 Å². The van der Waals surface area contributed by atoms with Gasteiger partial charge in [-0.3, -0.25) is 4.79 Å². The van der Waals surface area contributed by atoms with Crippen molar-refractivity contribution in [2.24, 2.45) is 5.92 Å². The number of hydrogen-bond donors (Lipinski definition) is 3. The van der Waals surface area contributed by atoms with E-state index < -0.39 is 36.2 Å². The predicted molar refractivity (Wildman–Crippen MR) is 122 cm³/mol. The van der Waals surface area contributed by atoms with Crippen molar-refractivity contribution in [3.8, 4) is 11.5 Å². The first kappa shape index (κ1) is 27.9. The topological polar surface area (TPSA) is 88.7 Å². The summed E-state index contributed by atoms with van der Waals surface area (Å²) in [5, 5.41) is 7.64. The Morgan fingerprint density at radius 3 is 2.19 bits per heavy atom. The fraction of sp³-hybridized carbons (Fsp3) is 0.417. The number of anilines is 2. The summed E-state index contributed by atoms with van der Waals surface area (Å²) in [7, 11) is 0. The number of hydrogen-bond acceptors (Lipinski definition) is 4. The van der Waals surface area contributed by atoms with E-state index in [1.165, 1.54) is 37.3 Å². The smallest absolute Gasteiger partial charge is 0.406 e. The molecule has 0 bridgehead atoms. The van der Waals surface area contributed by atoms with Crippen molar-refractivity contribution < 1.29 is 45.4 Å². The molecule has 1 saturated carbocycles. The fourth-order valence-electron chi connectivity index (χ4n) is 4.17. The molecule has 1 aliphatic rings. The molecular formula is C24H25F6N3O4. The number of urea groups is 1. The van der Waals surface area contributed by atoms with Gasteiger partial charge in [-0.05, 0) is 67.9 Å². The molecule has 0 aromatic heterocycles. The summed E-state index contributed by atoms with van der Waals surface area (Å²) in [5.74, 6) is -1.28. The van der Waals surface area contributed by atoms with Crippen LogP contribution in [0.1, 0.15) is 38.2 Å². The number of ether oxygens (including phenoxy) is 2. The van der Waals surface area contributed by atoms with Gasteiger partial charge in [0.25, 0.3) is 0 Å². The van der Waals surface area contributed by atoms with Crippen LogP contribution >= 0.6 is 0 Å². The molecule has 7 nitrogen and oxygen atoms in total. The summed E-state index contributed by atoms with van der Waals surface area (Å²) >= 11 is 0. The van der Waals surface area contributed by atoms with E-state index in [0.717, 1.165) is 30.5 Å². The maximum atomic E-state index is 12.6. The molecule has 2 aromatic carbocycles. The van der Waals surface area contributed by atoms with Crippen LogP contribution in [0.2, 0.25) is 0 Å². The van der Waals surface area contributed by atoms with Crippen LogP contribution in [0.15, 0.2) is 42.5 Å². The average molecular weight is 533 g/mol. The third-order valence-electron chi connectivity index (χ3n) is 5.61. The maximum Gasteiger partial charge on any atom is 0.573 e. The molecule has 0 spiro atoms. The molecule has 0 unspecified atom stereocenters. The van der Waals surface area contributed by atoms with Crippen LogP contribution in [0.4, 0.5) is 42.5 Å². The molecule has 2 aromatic rings. The second-order valence-corrected chi connectivity index (χ2v) is 8.66. The van der Waals surface area contributed by atoms with Crippen LogP contribution in [0.3, 0.4) is 0 Å². The molecule has 0 atom stereocenters. The quantitative estimate of drug-likeness (QED) is 0.361. The highest BCUT2D eigenvalue weighted by atomic mass is 19.4. The van der Waals surface area contributed by atoms with E-state index in [2.05, 4.69) is 25.4 Å². The lowest BCUT2D eigenvalue weighted by atomic mass is 9.82. The Morgan fingerprint density at radius 2 is 1.57 bits per heavy atom. The minimum Gasteiger partial charge on any atom is -0.406 e. The van der Waals surface area contributed by atoms with Gasteiger partial charge < -0.3 is 25.4 Å². The first-order valence-electron chi connectivity index (χ1n) is 11.4. The van der Waals surface area contributed by atoms with Gasteiger partial charge in [0.2, 0.25) is 5.91 Å². The Labute approximate surface area is 208 Å². The molecular weight excluding hydrogens is 508 g/mol. The standard InChI is InChI=1S/C24H25F6N3O4/c1-14(34)31-20-12-16(7-10-21(20)37-24(28,29)30)11-15-5-8-17(9-6-15)32-22(35)33-18-3-2-4-19(13-18)36-23(25,26)27/h2-4,7,10,12-13,15,17H,5-6,8-9,11H2,1H3,(H,31,34)(H2,32,33,35). The number of rotatable bonds is 7. The molecule has 0 saturated heterocycles. The zero-order valence-electron chi connectivity index (χ0n) is 19.6. The maximum absolute atomic E-state index is 12.6. The van der Waals surface area contributed by atoms with Gasteiger partial charge >= 0.3 is 18.8 Å². The van der Waals surface area contributed by atoms with Crippen molar-refractivity contribution in [1.29, 1.82) is 0 Å². The number of carbonyl (C=O) groups is 2. The molecule has 1 aliphatic carbocycles. The van der Waals surface area contributed by atoms with Crippen LogP contribution in [0, 0.1) is 5.92 Å². The SMILES string of the molecule is CC(=O)Nc1cc(CC2CCC(NC(=O)Nc3cccc(OC(F)(F)F)c3)CC2)ccc1OC(F)(F)F. The number of halogens is 6. The lowest BCUT2D eigenvalue weighted by Crippen LogP contribution is -2.40. The third-order valence-corrected chi connectivity index (χ3v) is 5.61. The molecule has 0 radical (unpaired) electrons. The van der Waals surface area contributed by atoms with E-state index >= 15 is 0 Å². The zero-order valence-corrected chi connectivity index (χ0v) is 19.6. The van der Waals surface area contributed by atoms with Crippen molar-refractivity contribution in [2.45, 2.75) is 57.8 Å².